The lowest BCUT2D eigenvalue weighted by Gasteiger charge is -2.10. The summed E-state index contributed by atoms with van der Waals surface area (Å²) in [6, 6.07) is 8.21. The molecule has 0 aliphatic rings. The lowest BCUT2D eigenvalue weighted by molar-refractivity contribution is 0.242. The second-order valence-corrected chi connectivity index (χ2v) is 5.10. The first-order valence-electron chi connectivity index (χ1n) is 6.94. The Labute approximate surface area is 120 Å². The van der Waals surface area contributed by atoms with E-state index in [1.54, 1.807) is 6.33 Å². The van der Waals surface area contributed by atoms with Gasteiger partial charge in [0.1, 0.15) is 17.9 Å². The molecule has 0 unspecified atom stereocenters. The summed E-state index contributed by atoms with van der Waals surface area (Å²) in [6.07, 6.45) is 2.82. The molecule has 1 N–H and O–H groups in total. The summed E-state index contributed by atoms with van der Waals surface area (Å²) in [5.41, 5.74) is 1.25. The van der Waals surface area contributed by atoms with Crippen LogP contribution in [0.3, 0.4) is 0 Å². The summed E-state index contributed by atoms with van der Waals surface area (Å²) in [7, 11) is 1.96. The minimum Gasteiger partial charge on any atom is -0.491 e. The highest BCUT2D eigenvalue weighted by Crippen LogP contribution is 2.13. The van der Waals surface area contributed by atoms with Crippen LogP contribution >= 0.6 is 0 Å². The monoisotopic (exact) mass is 274 g/mol. The number of nitrogens with zero attached hydrogens (tertiary/aromatic N) is 3. The largest absolute Gasteiger partial charge is 0.491 e. The van der Waals surface area contributed by atoms with E-state index in [2.05, 4.69) is 27.6 Å². The molecule has 2 rings (SSSR count). The van der Waals surface area contributed by atoms with Crippen molar-refractivity contribution in [1.82, 2.24) is 20.1 Å². The Morgan fingerprint density at radius 1 is 1.25 bits per heavy atom. The second-order valence-electron chi connectivity index (χ2n) is 5.10. The van der Waals surface area contributed by atoms with E-state index in [1.807, 2.05) is 37.6 Å². The second kappa shape index (κ2) is 7.05. The van der Waals surface area contributed by atoms with Crippen LogP contribution in [-0.4, -0.2) is 27.4 Å². The molecule has 0 saturated heterocycles. The molecule has 108 valence electrons. The molecule has 5 nitrogen and oxygen atoms in total. The predicted octanol–water partition coefficient (Wildman–Crippen LogP) is 1.93. The number of rotatable bonds is 7. The van der Waals surface area contributed by atoms with Gasteiger partial charge in [-0.15, -0.1) is 10.2 Å². The third-order valence-corrected chi connectivity index (χ3v) is 2.95. The molecule has 0 bridgehead atoms. The highest BCUT2D eigenvalue weighted by Gasteiger charge is 2.01. The van der Waals surface area contributed by atoms with E-state index in [1.165, 1.54) is 5.56 Å². The van der Waals surface area contributed by atoms with Gasteiger partial charge in [-0.25, -0.2) is 0 Å². The van der Waals surface area contributed by atoms with Crippen molar-refractivity contribution in [2.75, 3.05) is 6.54 Å². The van der Waals surface area contributed by atoms with E-state index in [9.17, 15) is 0 Å². The Balaban J connectivity index is 1.73. The van der Waals surface area contributed by atoms with E-state index >= 15 is 0 Å². The van der Waals surface area contributed by atoms with Crippen LogP contribution in [0.25, 0.3) is 0 Å². The molecule has 0 aliphatic carbocycles. The molecule has 2 aromatic rings. The SMILES string of the molecule is CC(C)Oc1ccc(CNCCc2nncn2C)cc1. The van der Waals surface area contributed by atoms with E-state index in [4.69, 9.17) is 4.74 Å². The molecule has 0 radical (unpaired) electrons. The van der Waals surface area contributed by atoms with Crippen LogP contribution < -0.4 is 10.1 Å². The summed E-state index contributed by atoms with van der Waals surface area (Å²) in [5, 5.41) is 11.3. The highest BCUT2D eigenvalue weighted by atomic mass is 16.5. The summed E-state index contributed by atoms with van der Waals surface area (Å²) in [6.45, 7) is 5.79. The van der Waals surface area contributed by atoms with Gasteiger partial charge in [0.15, 0.2) is 0 Å². The van der Waals surface area contributed by atoms with Gasteiger partial charge in [-0.2, -0.15) is 0 Å². The van der Waals surface area contributed by atoms with E-state index in [-0.39, 0.29) is 6.10 Å². The van der Waals surface area contributed by atoms with E-state index in [0.717, 1.165) is 31.1 Å². The molecular formula is C15H22N4O. The average molecular weight is 274 g/mol. The number of hydrogen-bond acceptors (Lipinski definition) is 4. The Morgan fingerprint density at radius 2 is 2.00 bits per heavy atom. The fourth-order valence-electron chi connectivity index (χ4n) is 1.92. The molecular weight excluding hydrogens is 252 g/mol. The van der Waals surface area contributed by atoms with Gasteiger partial charge in [-0.05, 0) is 31.5 Å². The van der Waals surface area contributed by atoms with Gasteiger partial charge < -0.3 is 14.6 Å². The van der Waals surface area contributed by atoms with Gasteiger partial charge in [0, 0.05) is 26.6 Å². The Hall–Kier alpha value is -1.88. The lowest BCUT2D eigenvalue weighted by atomic mass is 10.2. The quantitative estimate of drug-likeness (QED) is 0.784. The molecule has 0 saturated carbocycles. The molecule has 1 aromatic heterocycles. The van der Waals surface area contributed by atoms with Crippen LogP contribution in [0.4, 0.5) is 0 Å². The minimum absolute atomic E-state index is 0.213. The van der Waals surface area contributed by atoms with E-state index in [0.29, 0.717) is 0 Å². The van der Waals surface area contributed by atoms with Crippen molar-refractivity contribution in [2.24, 2.45) is 7.05 Å². The first-order valence-corrected chi connectivity index (χ1v) is 6.94. The zero-order chi connectivity index (χ0) is 14.4. The molecule has 1 heterocycles. The summed E-state index contributed by atoms with van der Waals surface area (Å²) in [4.78, 5) is 0. The molecule has 0 amide bonds. The number of aryl methyl sites for hydroxylation is 1. The summed E-state index contributed by atoms with van der Waals surface area (Å²) in [5.74, 6) is 1.92. The first-order chi connectivity index (χ1) is 9.65. The van der Waals surface area contributed by atoms with Gasteiger partial charge in [-0.3, -0.25) is 0 Å². The van der Waals surface area contributed by atoms with Crippen LogP contribution in [0.5, 0.6) is 5.75 Å². The standard InChI is InChI=1S/C15H22N4O/c1-12(2)20-14-6-4-13(5-7-14)10-16-9-8-15-18-17-11-19(15)3/h4-7,11-12,16H,8-10H2,1-3H3. The Morgan fingerprint density at radius 3 is 2.60 bits per heavy atom. The smallest absolute Gasteiger partial charge is 0.133 e. The van der Waals surface area contributed by atoms with Crippen LogP contribution in [0, 0.1) is 0 Å². The van der Waals surface area contributed by atoms with Gasteiger partial charge in [-0.1, -0.05) is 12.1 Å². The molecule has 0 atom stereocenters. The average Bonchev–Trinajstić information content (AvgIpc) is 2.82. The number of aromatic nitrogens is 3. The van der Waals surface area contributed by atoms with Crippen molar-refractivity contribution >= 4 is 0 Å². The number of hydrogen-bond donors (Lipinski definition) is 1. The third kappa shape index (κ3) is 4.35. The summed E-state index contributed by atoms with van der Waals surface area (Å²) < 4.78 is 7.56. The van der Waals surface area contributed by atoms with Crippen molar-refractivity contribution in [2.45, 2.75) is 32.9 Å². The number of benzene rings is 1. The maximum Gasteiger partial charge on any atom is 0.133 e. The molecule has 1 aromatic carbocycles. The van der Waals surface area contributed by atoms with Gasteiger partial charge in [0.05, 0.1) is 6.10 Å². The predicted molar refractivity (Wildman–Crippen MR) is 78.6 cm³/mol. The van der Waals surface area contributed by atoms with Crippen LogP contribution in [0.15, 0.2) is 30.6 Å². The first kappa shape index (κ1) is 14.5. The molecule has 20 heavy (non-hydrogen) atoms. The number of nitrogens with one attached hydrogen (secondary N) is 1. The van der Waals surface area contributed by atoms with Crippen LogP contribution in [-0.2, 0) is 20.0 Å². The fourth-order valence-corrected chi connectivity index (χ4v) is 1.92. The number of ether oxygens (including phenoxy) is 1. The zero-order valence-corrected chi connectivity index (χ0v) is 12.3. The van der Waals surface area contributed by atoms with Crippen molar-refractivity contribution < 1.29 is 4.74 Å². The minimum atomic E-state index is 0.213. The van der Waals surface area contributed by atoms with E-state index < -0.39 is 0 Å². The van der Waals surface area contributed by atoms with Gasteiger partial charge in [0.2, 0.25) is 0 Å². The van der Waals surface area contributed by atoms with Crippen molar-refractivity contribution in [3.8, 4) is 5.75 Å². The normalized spacial score (nSPS) is 11.0. The molecule has 0 spiro atoms. The maximum absolute atomic E-state index is 5.62. The lowest BCUT2D eigenvalue weighted by Crippen LogP contribution is -2.18. The summed E-state index contributed by atoms with van der Waals surface area (Å²) >= 11 is 0. The van der Waals surface area contributed by atoms with Crippen molar-refractivity contribution in [1.29, 1.82) is 0 Å². The van der Waals surface area contributed by atoms with Crippen molar-refractivity contribution in [3.05, 3.63) is 42.0 Å². The zero-order valence-electron chi connectivity index (χ0n) is 12.3. The Kier molecular flexibility index (Phi) is 5.12. The molecule has 0 aliphatic heterocycles. The van der Waals surface area contributed by atoms with Crippen molar-refractivity contribution in [3.63, 3.8) is 0 Å². The Bertz CT molecular complexity index is 519. The molecule has 5 heteroatoms. The van der Waals surface area contributed by atoms with Crippen LogP contribution in [0.2, 0.25) is 0 Å². The van der Waals surface area contributed by atoms with Gasteiger partial charge in [0.25, 0.3) is 0 Å². The highest BCUT2D eigenvalue weighted by molar-refractivity contribution is 5.27. The van der Waals surface area contributed by atoms with Crippen LogP contribution in [0.1, 0.15) is 25.2 Å². The topological polar surface area (TPSA) is 52.0 Å². The fraction of sp³-hybridized carbons (Fsp3) is 0.467. The van der Waals surface area contributed by atoms with Gasteiger partial charge >= 0.3 is 0 Å². The molecule has 0 fully saturated rings. The third-order valence-electron chi connectivity index (χ3n) is 2.95. The maximum atomic E-state index is 5.62.